The van der Waals surface area contributed by atoms with Gasteiger partial charge >= 0.3 is 0 Å². The van der Waals surface area contributed by atoms with Crippen LogP contribution in [0, 0.1) is 5.41 Å². The van der Waals surface area contributed by atoms with Crippen LogP contribution < -0.4 is 5.32 Å². The van der Waals surface area contributed by atoms with Crippen LogP contribution in [0.4, 0.5) is 0 Å². The molecule has 0 aliphatic rings. The summed E-state index contributed by atoms with van der Waals surface area (Å²) in [6.45, 7) is 6.83. The molecule has 1 heterocycles. The van der Waals surface area contributed by atoms with E-state index in [-0.39, 0.29) is 0 Å². The summed E-state index contributed by atoms with van der Waals surface area (Å²) >= 11 is 3.40. The van der Waals surface area contributed by atoms with Gasteiger partial charge in [-0.25, -0.2) is 0 Å². The van der Waals surface area contributed by atoms with Gasteiger partial charge in [-0.2, -0.15) is 0 Å². The van der Waals surface area contributed by atoms with Gasteiger partial charge in [0.05, 0.1) is 0 Å². The molecule has 1 atom stereocenters. The zero-order valence-corrected chi connectivity index (χ0v) is 12.1. The third-order valence-corrected chi connectivity index (χ3v) is 3.87. The normalized spacial score (nSPS) is 13.8. The predicted molar refractivity (Wildman–Crippen MR) is 72.6 cm³/mol. The number of likely N-dealkylation sites (N-methyl/N-ethyl adjacent to an activating group) is 1. The van der Waals surface area contributed by atoms with Crippen LogP contribution in [0.1, 0.15) is 32.9 Å². The SMILES string of the molecule is CCC(C)(C)C(Cc1ccc(Br)cn1)NC. The average molecular weight is 285 g/mol. The summed E-state index contributed by atoms with van der Waals surface area (Å²) in [5.41, 5.74) is 1.44. The molecular formula is C13H21BrN2. The van der Waals surface area contributed by atoms with Gasteiger partial charge in [0.15, 0.2) is 0 Å². The summed E-state index contributed by atoms with van der Waals surface area (Å²) in [5.74, 6) is 0. The van der Waals surface area contributed by atoms with Crippen molar-refractivity contribution in [1.82, 2.24) is 10.3 Å². The molecule has 0 aliphatic carbocycles. The van der Waals surface area contributed by atoms with Gasteiger partial charge < -0.3 is 5.32 Å². The lowest BCUT2D eigenvalue weighted by atomic mass is 9.79. The number of aromatic nitrogens is 1. The number of nitrogens with one attached hydrogen (secondary N) is 1. The van der Waals surface area contributed by atoms with Gasteiger partial charge in [-0.15, -0.1) is 0 Å². The zero-order valence-electron chi connectivity index (χ0n) is 10.5. The van der Waals surface area contributed by atoms with Crippen LogP contribution in [0.2, 0.25) is 0 Å². The van der Waals surface area contributed by atoms with Gasteiger partial charge in [0.2, 0.25) is 0 Å². The first-order valence-electron chi connectivity index (χ1n) is 5.77. The molecule has 3 heteroatoms. The number of rotatable bonds is 5. The van der Waals surface area contributed by atoms with Gasteiger partial charge in [0.1, 0.15) is 0 Å². The molecule has 0 saturated heterocycles. The molecule has 16 heavy (non-hydrogen) atoms. The molecule has 0 spiro atoms. The Morgan fingerprint density at radius 3 is 2.56 bits per heavy atom. The fraction of sp³-hybridized carbons (Fsp3) is 0.615. The van der Waals surface area contributed by atoms with E-state index in [0.29, 0.717) is 11.5 Å². The summed E-state index contributed by atoms with van der Waals surface area (Å²) < 4.78 is 1.03. The Bertz CT molecular complexity index is 319. The quantitative estimate of drug-likeness (QED) is 0.896. The highest BCUT2D eigenvalue weighted by Gasteiger charge is 2.26. The molecule has 0 fully saturated rings. The molecule has 0 radical (unpaired) electrons. The monoisotopic (exact) mass is 284 g/mol. The van der Waals surface area contributed by atoms with Crippen LogP contribution in [0.25, 0.3) is 0 Å². The van der Waals surface area contributed by atoms with Crippen molar-refractivity contribution in [3.63, 3.8) is 0 Å². The first-order valence-corrected chi connectivity index (χ1v) is 6.56. The van der Waals surface area contributed by atoms with E-state index in [0.717, 1.165) is 23.0 Å². The Labute approximate surface area is 107 Å². The molecule has 1 aromatic rings. The topological polar surface area (TPSA) is 24.9 Å². The van der Waals surface area contributed by atoms with E-state index in [2.05, 4.69) is 53.1 Å². The first-order chi connectivity index (χ1) is 7.49. The smallest absolute Gasteiger partial charge is 0.0420 e. The zero-order chi connectivity index (χ0) is 12.2. The lowest BCUT2D eigenvalue weighted by molar-refractivity contribution is 0.239. The number of hydrogen-bond acceptors (Lipinski definition) is 2. The minimum atomic E-state index is 0.295. The fourth-order valence-electron chi connectivity index (χ4n) is 1.75. The van der Waals surface area contributed by atoms with Crippen molar-refractivity contribution < 1.29 is 0 Å². The first kappa shape index (κ1) is 13.7. The summed E-state index contributed by atoms with van der Waals surface area (Å²) in [7, 11) is 2.03. The van der Waals surface area contributed by atoms with E-state index in [1.807, 2.05) is 19.3 Å². The molecule has 0 aromatic carbocycles. The van der Waals surface area contributed by atoms with E-state index >= 15 is 0 Å². The molecule has 1 aromatic heterocycles. The highest BCUT2D eigenvalue weighted by molar-refractivity contribution is 9.10. The second-order valence-corrected chi connectivity index (χ2v) is 5.77. The summed E-state index contributed by atoms with van der Waals surface area (Å²) in [6, 6.07) is 4.60. The Kier molecular flexibility index (Phi) is 4.93. The van der Waals surface area contributed by atoms with Crippen molar-refractivity contribution in [2.75, 3.05) is 7.05 Å². The molecule has 1 rings (SSSR count). The maximum atomic E-state index is 4.43. The molecule has 2 nitrogen and oxygen atoms in total. The fourth-order valence-corrected chi connectivity index (χ4v) is 1.99. The van der Waals surface area contributed by atoms with Crippen LogP contribution in [0.15, 0.2) is 22.8 Å². The highest BCUT2D eigenvalue weighted by Crippen LogP contribution is 2.26. The number of halogens is 1. The van der Waals surface area contributed by atoms with Gasteiger partial charge in [-0.3, -0.25) is 4.98 Å². The van der Waals surface area contributed by atoms with Crippen LogP contribution >= 0.6 is 15.9 Å². The van der Waals surface area contributed by atoms with Gasteiger partial charge in [0.25, 0.3) is 0 Å². The third kappa shape index (κ3) is 3.56. The molecule has 0 amide bonds. The van der Waals surface area contributed by atoms with Crippen molar-refractivity contribution >= 4 is 15.9 Å². The van der Waals surface area contributed by atoms with E-state index in [9.17, 15) is 0 Å². The average Bonchev–Trinajstić information content (AvgIpc) is 2.28. The maximum absolute atomic E-state index is 4.43. The minimum Gasteiger partial charge on any atom is -0.316 e. The Balaban J connectivity index is 2.74. The molecule has 0 saturated carbocycles. The van der Waals surface area contributed by atoms with E-state index in [4.69, 9.17) is 0 Å². The summed E-state index contributed by atoms with van der Waals surface area (Å²) in [4.78, 5) is 4.43. The van der Waals surface area contributed by atoms with Crippen molar-refractivity contribution in [2.45, 2.75) is 39.7 Å². The lowest BCUT2D eigenvalue weighted by Crippen LogP contribution is -2.41. The third-order valence-electron chi connectivity index (χ3n) is 3.40. The maximum Gasteiger partial charge on any atom is 0.0420 e. The van der Waals surface area contributed by atoms with Crippen molar-refractivity contribution in [1.29, 1.82) is 0 Å². The van der Waals surface area contributed by atoms with Crippen molar-refractivity contribution in [3.8, 4) is 0 Å². The van der Waals surface area contributed by atoms with Crippen LogP contribution in [0.5, 0.6) is 0 Å². The molecule has 1 N–H and O–H groups in total. The molecule has 90 valence electrons. The second-order valence-electron chi connectivity index (χ2n) is 4.86. The number of nitrogens with zero attached hydrogens (tertiary/aromatic N) is 1. The van der Waals surface area contributed by atoms with Gasteiger partial charge in [-0.1, -0.05) is 20.8 Å². The molecule has 0 bridgehead atoms. The molecule has 0 aliphatic heterocycles. The summed E-state index contributed by atoms with van der Waals surface area (Å²) in [5, 5.41) is 3.40. The number of pyridine rings is 1. The lowest BCUT2D eigenvalue weighted by Gasteiger charge is -2.33. The Morgan fingerprint density at radius 1 is 1.44 bits per heavy atom. The van der Waals surface area contributed by atoms with Gasteiger partial charge in [-0.05, 0) is 46.9 Å². The molecule has 1 unspecified atom stereocenters. The largest absolute Gasteiger partial charge is 0.316 e. The van der Waals surface area contributed by atoms with Crippen LogP contribution in [-0.2, 0) is 6.42 Å². The van der Waals surface area contributed by atoms with Crippen LogP contribution in [0.3, 0.4) is 0 Å². The van der Waals surface area contributed by atoms with E-state index in [1.54, 1.807) is 0 Å². The van der Waals surface area contributed by atoms with E-state index < -0.39 is 0 Å². The highest BCUT2D eigenvalue weighted by atomic mass is 79.9. The van der Waals surface area contributed by atoms with Crippen molar-refractivity contribution in [2.24, 2.45) is 5.41 Å². The van der Waals surface area contributed by atoms with E-state index in [1.165, 1.54) is 0 Å². The van der Waals surface area contributed by atoms with Crippen molar-refractivity contribution in [3.05, 3.63) is 28.5 Å². The predicted octanol–water partition coefficient (Wildman–Crippen LogP) is 3.41. The van der Waals surface area contributed by atoms with Gasteiger partial charge in [0, 0.05) is 28.8 Å². The second kappa shape index (κ2) is 5.78. The summed E-state index contributed by atoms with van der Waals surface area (Å²) in [6.07, 6.45) is 4.00. The number of hydrogen-bond donors (Lipinski definition) is 1. The molecular weight excluding hydrogens is 264 g/mol. The van der Waals surface area contributed by atoms with Crippen LogP contribution in [-0.4, -0.2) is 18.1 Å². The standard InChI is InChI=1S/C13H21BrN2/c1-5-13(2,3)12(15-4)8-11-7-6-10(14)9-16-11/h6-7,9,12,15H,5,8H2,1-4H3. The minimum absolute atomic E-state index is 0.295. The Morgan fingerprint density at radius 2 is 2.12 bits per heavy atom. The Hall–Kier alpha value is -0.410.